The number of hydrogen-bond donors (Lipinski definition) is 1. The van der Waals surface area contributed by atoms with Crippen molar-refractivity contribution in [1.82, 2.24) is 9.21 Å². The first-order valence-corrected chi connectivity index (χ1v) is 6.33. The molecule has 1 spiro atoms. The fourth-order valence-corrected chi connectivity index (χ4v) is 2.72. The van der Waals surface area contributed by atoms with Gasteiger partial charge in [0.1, 0.15) is 0 Å². The minimum absolute atomic E-state index is 0.127. The minimum atomic E-state index is 0.127. The summed E-state index contributed by atoms with van der Waals surface area (Å²) in [7, 11) is 0. The Balaban J connectivity index is 1.96. The maximum Gasteiger partial charge on any atom is 0.0834 e. The molecule has 4 heteroatoms. The lowest BCUT2D eigenvalue weighted by Crippen LogP contribution is -2.57. The van der Waals surface area contributed by atoms with Gasteiger partial charge in [-0.2, -0.15) is 0 Å². The summed E-state index contributed by atoms with van der Waals surface area (Å²) in [5.74, 6) is 0. The fourth-order valence-electron chi connectivity index (χ4n) is 2.52. The van der Waals surface area contributed by atoms with Gasteiger partial charge in [0.15, 0.2) is 0 Å². The number of thiol groups is 1. The van der Waals surface area contributed by atoms with Crippen LogP contribution in [0.15, 0.2) is 0 Å². The first-order chi connectivity index (χ1) is 7.11. The molecular formula is C11H22N2OS. The van der Waals surface area contributed by atoms with Crippen LogP contribution in [0.5, 0.6) is 0 Å². The molecule has 0 aromatic heterocycles. The molecule has 0 unspecified atom stereocenters. The van der Waals surface area contributed by atoms with Gasteiger partial charge in [0.2, 0.25) is 0 Å². The summed E-state index contributed by atoms with van der Waals surface area (Å²) in [6, 6.07) is 0.639. The molecule has 2 saturated heterocycles. The Hall–Kier alpha value is 0.230. The van der Waals surface area contributed by atoms with E-state index < -0.39 is 0 Å². The molecule has 0 radical (unpaired) electrons. The smallest absolute Gasteiger partial charge is 0.0834 e. The highest BCUT2D eigenvalue weighted by Crippen LogP contribution is 2.31. The van der Waals surface area contributed by atoms with Gasteiger partial charge in [0, 0.05) is 32.2 Å². The highest BCUT2D eigenvalue weighted by molar-refractivity contribution is 7.77. The third kappa shape index (κ3) is 2.67. The molecule has 2 aliphatic heterocycles. The van der Waals surface area contributed by atoms with E-state index in [0.29, 0.717) is 6.04 Å². The molecule has 0 atom stereocenters. The Morgan fingerprint density at radius 3 is 2.47 bits per heavy atom. The monoisotopic (exact) mass is 230 g/mol. The average molecular weight is 230 g/mol. The molecule has 2 rings (SSSR count). The molecule has 0 saturated carbocycles. The maximum atomic E-state index is 6.03. The first kappa shape index (κ1) is 11.7. The van der Waals surface area contributed by atoms with Gasteiger partial charge < -0.3 is 4.74 Å². The largest absolute Gasteiger partial charge is 0.372 e. The van der Waals surface area contributed by atoms with Gasteiger partial charge in [0.05, 0.1) is 12.2 Å². The molecule has 0 aliphatic carbocycles. The standard InChI is InChI=1S/C11H22N2OS/c1-10(2)12-7-8-14-11(9-12)3-5-13(15)6-4-11/h10,15H,3-9H2,1-2H3. The van der Waals surface area contributed by atoms with Crippen molar-refractivity contribution in [1.29, 1.82) is 0 Å². The molecule has 2 heterocycles. The van der Waals surface area contributed by atoms with Crippen LogP contribution in [0.2, 0.25) is 0 Å². The summed E-state index contributed by atoms with van der Waals surface area (Å²) in [5.41, 5.74) is 0.127. The molecule has 3 nitrogen and oxygen atoms in total. The Kier molecular flexibility index (Phi) is 3.60. The Morgan fingerprint density at radius 1 is 1.20 bits per heavy atom. The van der Waals surface area contributed by atoms with Crippen LogP contribution in [0, 0.1) is 0 Å². The number of piperidine rings is 1. The second-order valence-corrected chi connectivity index (χ2v) is 5.62. The van der Waals surface area contributed by atoms with Crippen LogP contribution in [-0.4, -0.2) is 53.6 Å². The summed E-state index contributed by atoms with van der Waals surface area (Å²) >= 11 is 4.39. The van der Waals surface area contributed by atoms with Crippen LogP contribution in [0.25, 0.3) is 0 Å². The van der Waals surface area contributed by atoms with E-state index in [1.165, 1.54) is 0 Å². The van der Waals surface area contributed by atoms with Crippen LogP contribution in [0.3, 0.4) is 0 Å². The van der Waals surface area contributed by atoms with Crippen molar-refractivity contribution < 1.29 is 4.74 Å². The number of rotatable bonds is 1. The summed E-state index contributed by atoms with van der Waals surface area (Å²) in [6.07, 6.45) is 2.25. The Labute approximate surface area is 98.3 Å². The van der Waals surface area contributed by atoms with Gasteiger partial charge in [-0.15, -0.1) is 0 Å². The van der Waals surface area contributed by atoms with Crippen LogP contribution in [0.1, 0.15) is 26.7 Å². The minimum Gasteiger partial charge on any atom is -0.372 e. The summed E-state index contributed by atoms with van der Waals surface area (Å²) in [4.78, 5) is 2.54. The van der Waals surface area contributed by atoms with E-state index in [1.807, 2.05) is 0 Å². The lowest BCUT2D eigenvalue weighted by atomic mass is 9.90. The maximum absolute atomic E-state index is 6.03. The van der Waals surface area contributed by atoms with Crippen molar-refractivity contribution in [3.8, 4) is 0 Å². The van der Waals surface area contributed by atoms with E-state index >= 15 is 0 Å². The molecule has 2 fully saturated rings. The summed E-state index contributed by atoms with van der Waals surface area (Å²) < 4.78 is 8.13. The highest BCUT2D eigenvalue weighted by atomic mass is 32.1. The zero-order chi connectivity index (χ0) is 10.9. The lowest BCUT2D eigenvalue weighted by molar-refractivity contribution is -0.135. The lowest BCUT2D eigenvalue weighted by Gasteiger charge is -2.47. The normalized spacial score (nSPS) is 28.8. The number of ether oxygens (including phenoxy) is 1. The molecule has 0 N–H and O–H groups in total. The van der Waals surface area contributed by atoms with E-state index in [4.69, 9.17) is 4.74 Å². The van der Waals surface area contributed by atoms with Crippen LogP contribution in [-0.2, 0) is 4.74 Å². The van der Waals surface area contributed by atoms with Crippen molar-refractivity contribution in [3.63, 3.8) is 0 Å². The van der Waals surface area contributed by atoms with Crippen LogP contribution < -0.4 is 0 Å². The van der Waals surface area contributed by atoms with Gasteiger partial charge in [0.25, 0.3) is 0 Å². The predicted octanol–water partition coefficient (Wildman–Crippen LogP) is 1.41. The van der Waals surface area contributed by atoms with E-state index in [0.717, 1.165) is 45.6 Å². The third-order valence-corrected chi connectivity index (χ3v) is 4.06. The van der Waals surface area contributed by atoms with Crippen molar-refractivity contribution in [2.75, 3.05) is 32.8 Å². The molecule has 88 valence electrons. The van der Waals surface area contributed by atoms with E-state index in [2.05, 4.69) is 35.9 Å². The second kappa shape index (κ2) is 4.62. The summed E-state index contributed by atoms with van der Waals surface area (Å²) in [6.45, 7) is 9.73. The number of nitrogens with zero attached hydrogens (tertiary/aromatic N) is 2. The van der Waals surface area contributed by atoms with Gasteiger partial charge in [-0.25, -0.2) is 0 Å². The van der Waals surface area contributed by atoms with Crippen molar-refractivity contribution in [3.05, 3.63) is 0 Å². The number of morpholine rings is 1. The first-order valence-electron chi connectivity index (χ1n) is 5.93. The van der Waals surface area contributed by atoms with Gasteiger partial charge in [-0.05, 0) is 26.7 Å². The molecule has 0 aromatic carbocycles. The Morgan fingerprint density at radius 2 is 1.87 bits per heavy atom. The SMILES string of the molecule is CC(C)N1CCOC2(CCN(S)CC2)C1. The van der Waals surface area contributed by atoms with Crippen LogP contribution >= 0.6 is 12.8 Å². The van der Waals surface area contributed by atoms with Crippen LogP contribution in [0.4, 0.5) is 0 Å². The van der Waals surface area contributed by atoms with Crippen molar-refractivity contribution >= 4 is 12.8 Å². The topological polar surface area (TPSA) is 15.7 Å². The van der Waals surface area contributed by atoms with Gasteiger partial charge in [-0.3, -0.25) is 9.21 Å². The van der Waals surface area contributed by atoms with E-state index in [-0.39, 0.29) is 5.60 Å². The summed E-state index contributed by atoms with van der Waals surface area (Å²) in [5, 5.41) is 0. The van der Waals surface area contributed by atoms with Gasteiger partial charge >= 0.3 is 0 Å². The molecule has 15 heavy (non-hydrogen) atoms. The fraction of sp³-hybridized carbons (Fsp3) is 1.00. The third-order valence-electron chi connectivity index (χ3n) is 3.66. The second-order valence-electron chi connectivity index (χ2n) is 5.05. The van der Waals surface area contributed by atoms with Crippen molar-refractivity contribution in [2.24, 2.45) is 0 Å². The molecule has 2 aliphatic rings. The zero-order valence-corrected chi connectivity index (χ0v) is 10.7. The number of hydrogen-bond acceptors (Lipinski definition) is 4. The van der Waals surface area contributed by atoms with Crippen molar-refractivity contribution in [2.45, 2.75) is 38.3 Å². The molecule has 0 aromatic rings. The zero-order valence-electron chi connectivity index (χ0n) is 9.78. The molecule has 0 amide bonds. The van der Waals surface area contributed by atoms with E-state index in [1.54, 1.807) is 0 Å². The quantitative estimate of drug-likeness (QED) is 0.686. The Bertz CT molecular complexity index is 215. The molecule has 0 bridgehead atoms. The average Bonchev–Trinajstić information content (AvgIpc) is 2.23. The van der Waals surface area contributed by atoms with E-state index in [9.17, 15) is 0 Å². The highest BCUT2D eigenvalue weighted by Gasteiger charge is 2.39. The predicted molar refractivity (Wildman–Crippen MR) is 65.2 cm³/mol. The molecular weight excluding hydrogens is 208 g/mol. The van der Waals surface area contributed by atoms with Gasteiger partial charge in [-0.1, -0.05) is 12.8 Å².